The van der Waals surface area contributed by atoms with Crippen LogP contribution in [0.1, 0.15) is 24.0 Å². The van der Waals surface area contributed by atoms with Crippen molar-refractivity contribution in [2.45, 2.75) is 37.2 Å². The number of carbonyl (C=O) groups excluding carboxylic acids is 2. The van der Waals surface area contributed by atoms with Crippen molar-refractivity contribution in [3.05, 3.63) is 35.4 Å². The number of alkyl halides is 3. The number of rotatable bonds is 2. The van der Waals surface area contributed by atoms with Crippen LogP contribution in [-0.2, 0) is 22.3 Å². The normalized spacial score (nSPS) is 27.8. The lowest BCUT2D eigenvalue weighted by Gasteiger charge is -2.53. The molecule has 1 aliphatic carbocycles. The number of hydrogen-bond acceptors (Lipinski definition) is 3. The summed E-state index contributed by atoms with van der Waals surface area (Å²) < 4.78 is 37.7. The first kappa shape index (κ1) is 15.8. The van der Waals surface area contributed by atoms with Crippen molar-refractivity contribution in [3.63, 3.8) is 0 Å². The van der Waals surface area contributed by atoms with Crippen molar-refractivity contribution in [1.82, 2.24) is 10.2 Å². The summed E-state index contributed by atoms with van der Waals surface area (Å²) in [5, 5.41) is 12.0. The molecule has 5 nitrogen and oxygen atoms in total. The van der Waals surface area contributed by atoms with Crippen LogP contribution in [0.15, 0.2) is 24.3 Å². The van der Waals surface area contributed by atoms with Crippen LogP contribution in [0.2, 0.25) is 0 Å². The Morgan fingerprint density at radius 2 is 1.83 bits per heavy atom. The number of aliphatic hydroxyl groups is 1. The van der Waals surface area contributed by atoms with Gasteiger partial charge in [-0.3, -0.25) is 9.59 Å². The van der Waals surface area contributed by atoms with E-state index in [4.69, 9.17) is 0 Å². The average molecular weight is 328 g/mol. The van der Waals surface area contributed by atoms with Gasteiger partial charge in [-0.25, -0.2) is 0 Å². The Labute approximate surface area is 130 Å². The molecule has 2 N–H and O–H groups in total. The molecular formula is C15H15F3N2O3. The molecule has 0 atom stereocenters. The second-order valence-electron chi connectivity index (χ2n) is 5.95. The molecule has 2 amide bonds. The highest BCUT2D eigenvalue weighted by Gasteiger charge is 2.57. The van der Waals surface area contributed by atoms with E-state index in [1.807, 2.05) is 0 Å². The van der Waals surface area contributed by atoms with E-state index in [0.29, 0.717) is 5.56 Å². The number of nitrogens with zero attached hydrogens (tertiary/aromatic N) is 1. The van der Waals surface area contributed by atoms with Crippen molar-refractivity contribution in [1.29, 1.82) is 0 Å². The van der Waals surface area contributed by atoms with Crippen LogP contribution in [-0.4, -0.2) is 40.0 Å². The lowest BCUT2D eigenvalue weighted by molar-refractivity contribution is -0.170. The second-order valence-corrected chi connectivity index (χ2v) is 5.95. The predicted molar refractivity (Wildman–Crippen MR) is 73.0 cm³/mol. The second kappa shape index (κ2) is 5.23. The van der Waals surface area contributed by atoms with Gasteiger partial charge in [0.2, 0.25) is 11.8 Å². The summed E-state index contributed by atoms with van der Waals surface area (Å²) in [7, 11) is 0. The Bertz CT molecular complexity index is 636. The molecule has 1 aromatic rings. The van der Waals surface area contributed by atoms with Crippen LogP contribution in [0.25, 0.3) is 0 Å². The van der Waals surface area contributed by atoms with Crippen molar-refractivity contribution in [2.24, 2.45) is 0 Å². The average Bonchev–Trinajstić information content (AvgIpc) is 2.45. The van der Waals surface area contributed by atoms with Crippen LogP contribution < -0.4 is 5.32 Å². The van der Waals surface area contributed by atoms with Gasteiger partial charge in [0.15, 0.2) is 0 Å². The molecule has 0 aromatic heterocycles. The van der Waals surface area contributed by atoms with E-state index in [1.54, 1.807) is 0 Å². The van der Waals surface area contributed by atoms with Gasteiger partial charge in [-0.2, -0.15) is 13.2 Å². The summed E-state index contributed by atoms with van der Waals surface area (Å²) in [6.07, 6.45) is -4.78. The number of piperazine rings is 1. The highest BCUT2D eigenvalue weighted by Crippen LogP contribution is 2.41. The van der Waals surface area contributed by atoms with E-state index in [2.05, 4.69) is 5.32 Å². The summed E-state index contributed by atoms with van der Waals surface area (Å²) in [4.78, 5) is 25.6. The van der Waals surface area contributed by atoms with E-state index in [0.717, 1.165) is 12.1 Å². The minimum absolute atomic E-state index is 0.0388. The van der Waals surface area contributed by atoms with Gasteiger partial charge in [0.25, 0.3) is 0 Å². The molecule has 8 heteroatoms. The highest BCUT2D eigenvalue weighted by atomic mass is 19.4. The fourth-order valence-corrected chi connectivity index (χ4v) is 3.12. The Morgan fingerprint density at radius 1 is 1.22 bits per heavy atom. The topological polar surface area (TPSA) is 69.6 Å². The largest absolute Gasteiger partial charge is 0.416 e. The van der Waals surface area contributed by atoms with Crippen molar-refractivity contribution >= 4 is 11.8 Å². The van der Waals surface area contributed by atoms with Gasteiger partial charge >= 0.3 is 6.18 Å². The Kier molecular flexibility index (Phi) is 3.59. The SMILES string of the molecule is O=C1CNC(=O)C2(CC(O)C2)N1Cc1ccc(C(F)(F)F)cc1. The van der Waals surface area contributed by atoms with E-state index in [-0.39, 0.29) is 37.7 Å². The molecule has 1 saturated carbocycles. The first-order chi connectivity index (χ1) is 10.7. The van der Waals surface area contributed by atoms with Crippen LogP contribution >= 0.6 is 0 Å². The monoisotopic (exact) mass is 328 g/mol. The third kappa shape index (κ3) is 2.67. The van der Waals surface area contributed by atoms with E-state index in [9.17, 15) is 27.9 Å². The smallest absolute Gasteiger partial charge is 0.393 e. The molecule has 1 aliphatic heterocycles. The number of halogens is 3. The van der Waals surface area contributed by atoms with Gasteiger partial charge in [-0.05, 0) is 17.7 Å². The minimum atomic E-state index is -4.42. The highest BCUT2D eigenvalue weighted by molar-refractivity contribution is 5.98. The van der Waals surface area contributed by atoms with E-state index in [1.165, 1.54) is 17.0 Å². The zero-order valence-electron chi connectivity index (χ0n) is 12.1. The van der Waals surface area contributed by atoms with Gasteiger partial charge in [0.05, 0.1) is 18.2 Å². The molecule has 1 spiro atoms. The van der Waals surface area contributed by atoms with Crippen LogP contribution in [0.4, 0.5) is 13.2 Å². The number of nitrogens with one attached hydrogen (secondary N) is 1. The Balaban J connectivity index is 1.82. The quantitative estimate of drug-likeness (QED) is 0.853. The molecule has 2 fully saturated rings. The maximum Gasteiger partial charge on any atom is 0.416 e. The maximum absolute atomic E-state index is 12.6. The third-order valence-corrected chi connectivity index (χ3v) is 4.41. The first-order valence-corrected chi connectivity index (χ1v) is 7.15. The number of carbonyl (C=O) groups is 2. The minimum Gasteiger partial charge on any atom is -0.393 e. The Morgan fingerprint density at radius 3 is 2.35 bits per heavy atom. The lowest BCUT2D eigenvalue weighted by atomic mass is 9.71. The molecule has 0 radical (unpaired) electrons. The summed E-state index contributed by atoms with van der Waals surface area (Å²) in [6, 6.07) is 4.50. The summed E-state index contributed by atoms with van der Waals surface area (Å²) >= 11 is 0. The summed E-state index contributed by atoms with van der Waals surface area (Å²) in [5.74, 6) is -0.634. The lowest BCUT2D eigenvalue weighted by Crippen LogP contribution is -2.72. The molecule has 3 rings (SSSR count). The third-order valence-electron chi connectivity index (χ3n) is 4.41. The van der Waals surface area contributed by atoms with Gasteiger partial charge in [0.1, 0.15) is 5.54 Å². The van der Waals surface area contributed by atoms with Crippen LogP contribution in [0, 0.1) is 0 Å². The Hall–Kier alpha value is -2.09. The molecule has 0 unspecified atom stereocenters. The first-order valence-electron chi connectivity index (χ1n) is 7.15. The number of amides is 2. The summed E-state index contributed by atoms with van der Waals surface area (Å²) in [6.45, 7) is -0.103. The van der Waals surface area contributed by atoms with Crippen molar-refractivity contribution < 1.29 is 27.9 Å². The van der Waals surface area contributed by atoms with Gasteiger partial charge in [-0.1, -0.05) is 12.1 Å². The number of hydrogen-bond donors (Lipinski definition) is 2. The molecule has 1 saturated heterocycles. The molecule has 1 heterocycles. The van der Waals surface area contributed by atoms with Crippen LogP contribution in [0.5, 0.6) is 0 Å². The number of aliphatic hydroxyl groups excluding tert-OH is 1. The van der Waals surface area contributed by atoms with Crippen LogP contribution in [0.3, 0.4) is 0 Å². The zero-order valence-corrected chi connectivity index (χ0v) is 12.1. The fraction of sp³-hybridized carbons (Fsp3) is 0.467. The molecule has 0 bridgehead atoms. The van der Waals surface area contributed by atoms with Gasteiger partial charge in [-0.15, -0.1) is 0 Å². The molecule has 23 heavy (non-hydrogen) atoms. The van der Waals surface area contributed by atoms with Gasteiger partial charge in [0, 0.05) is 19.4 Å². The van der Waals surface area contributed by atoms with E-state index < -0.39 is 23.4 Å². The van der Waals surface area contributed by atoms with Crippen molar-refractivity contribution in [2.75, 3.05) is 6.54 Å². The van der Waals surface area contributed by atoms with Gasteiger partial charge < -0.3 is 15.3 Å². The predicted octanol–water partition coefficient (Wildman–Crippen LogP) is 1.06. The van der Waals surface area contributed by atoms with E-state index >= 15 is 0 Å². The van der Waals surface area contributed by atoms with Crippen molar-refractivity contribution in [3.8, 4) is 0 Å². The summed E-state index contributed by atoms with van der Waals surface area (Å²) in [5.41, 5.74) is -1.35. The fourth-order valence-electron chi connectivity index (χ4n) is 3.12. The maximum atomic E-state index is 12.6. The standard InChI is InChI=1S/C15H15F3N2O3/c16-15(17,18)10-3-1-9(2-4-10)8-20-12(22)7-19-13(23)14(20)5-11(21)6-14/h1-4,11,21H,5-8H2,(H,19,23). The molecule has 2 aliphatic rings. The zero-order chi connectivity index (χ0) is 16.8. The molecule has 1 aromatic carbocycles. The number of benzene rings is 1. The molecule has 124 valence electrons. The molecular weight excluding hydrogens is 313 g/mol.